The van der Waals surface area contributed by atoms with E-state index in [2.05, 4.69) is 5.32 Å². The predicted molar refractivity (Wildman–Crippen MR) is 75.0 cm³/mol. The Morgan fingerprint density at radius 2 is 2.22 bits per heavy atom. The standard InChI is InChI=1S/C12H16ClNO3S/c1-8(18(2)17)5-6-14-11-7-9(13)3-4-10(11)12(15)16/h3-4,7-8,14H,5-6H2,1-2H3,(H,15,16). The first kappa shape index (κ1) is 15.0. The topological polar surface area (TPSA) is 66.4 Å². The molecule has 0 fully saturated rings. The molecule has 0 aliphatic rings. The zero-order valence-corrected chi connectivity index (χ0v) is 11.8. The summed E-state index contributed by atoms with van der Waals surface area (Å²) in [4.78, 5) is 11.0. The first-order valence-electron chi connectivity index (χ1n) is 5.50. The van der Waals surface area contributed by atoms with Gasteiger partial charge in [0.2, 0.25) is 0 Å². The van der Waals surface area contributed by atoms with Gasteiger partial charge in [0.25, 0.3) is 0 Å². The Bertz CT molecular complexity index is 465. The van der Waals surface area contributed by atoms with Crippen LogP contribution in [0.1, 0.15) is 23.7 Å². The minimum Gasteiger partial charge on any atom is -0.478 e. The van der Waals surface area contributed by atoms with Crippen LogP contribution in [-0.4, -0.2) is 33.3 Å². The molecule has 1 rings (SSSR count). The lowest BCUT2D eigenvalue weighted by atomic mass is 10.1. The number of hydrogen-bond acceptors (Lipinski definition) is 3. The van der Waals surface area contributed by atoms with E-state index in [1.165, 1.54) is 6.07 Å². The first-order chi connectivity index (χ1) is 8.41. The molecular formula is C12H16ClNO3S. The van der Waals surface area contributed by atoms with Crippen molar-refractivity contribution in [1.82, 2.24) is 0 Å². The number of carbonyl (C=O) groups is 1. The van der Waals surface area contributed by atoms with Crippen molar-refractivity contribution < 1.29 is 14.1 Å². The Labute approximate surface area is 114 Å². The molecule has 0 bridgehead atoms. The quantitative estimate of drug-likeness (QED) is 0.845. The number of anilines is 1. The Morgan fingerprint density at radius 3 is 2.78 bits per heavy atom. The minimum absolute atomic E-state index is 0.0740. The van der Waals surface area contributed by atoms with Gasteiger partial charge in [-0.1, -0.05) is 18.5 Å². The van der Waals surface area contributed by atoms with Crippen LogP contribution in [0, 0.1) is 0 Å². The van der Waals surface area contributed by atoms with Gasteiger partial charge in [0.15, 0.2) is 0 Å². The van der Waals surface area contributed by atoms with Crippen LogP contribution in [0.4, 0.5) is 5.69 Å². The average Bonchev–Trinajstić information content (AvgIpc) is 2.28. The molecule has 0 aliphatic heterocycles. The van der Waals surface area contributed by atoms with Gasteiger partial charge < -0.3 is 10.4 Å². The third-order valence-electron chi connectivity index (χ3n) is 2.64. The van der Waals surface area contributed by atoms with E-state index in [1.54, 1.807) is 18.4 Å². The summed E-state index contributed by atoms with van der Waals surface area (Å²) < 4.78 is 11.2. The molecule has 2 unspecified atom stereocenters. The van der Waals surface area contributed by atoms with E-state index >= 15 is 0 Å². The molecule has 0 saturated heterocycles. The Balaban J connectivity index is 2.69. The molecule has 0 heterocycles. The van der Waals surface area contributed by atoms with Gasteiger partial charge in [-0.05, 0) is 24.6 Å². The van der Waals surface area contributed by atoms with Gasteiger partial charge >= 0.3 is 5.97 Å². The molecule has 0 spiro atoms. The minimum atomic E-state index is -0.999. The Hall–Kier alpha value is -1.07. The van der Waals surface area contributed by atoms with Crippen molar-refractivity contribution >= 4 is 34.1 Å². The molecular weight excluding hydrogens is 274 g/mol. The molecule has 6 heteroatoms. The number of nitrogens with one attached hydrogen (secondary N) is 1. The van der Waals surface area contributed by atoms with E-state index in [0.29, 0.717) is 23.7 Å². The Morgan fingerprint density at radius 1 is 1.56 bits per heavy atom. The van der Waals surface area contributed by atoms with Gasteiger partial charge in [-0.15, -0.1) is 0 Å². The van der Waals surface area contributed by atoms with E-state index in [9.17, 15) is 9.00 Å². The summed E-state index contributed by atoms with van der Waals surface area (Å²) in [5, 5.41) is 12.6. The van der Waals surface area contributed by atoms with E-state index in [0.717, 1.165) is 0 Å². The SMILES string of the molecule is CC(CCNc1cc(Cl)ccc1C(=O)O)S(C)=O. The van der Waals surface area contributed by atoms with Gasteiger partial charge in [0.05, 0.1) is 11.3 Å². The maximum Gasteiger partial charge on any atom is 0.337 e. The fraction of sp³-hybridized carbons (Fsp3) is 0.417. The summed E-state index contributed by atoms with van der Waals surface area (Å²) in [5.41, 5.74) is 0.675. The highest BCUT2D eigenvalue weighted by Crippen LogP contribution is 2.21. The summed E-state index contributed by atoms with van der Waals surface area (Å²) in [6, 6.07) is 4.59. The lowest BCUT2D eigenvalue weighted by Gasteiger charge is -2.12. The van der Waals surface area contributed by atoms with Crippen molar-refractivity contribution in [1.29, 1.82) is 0 Å². The molecule has 4 nitrogen and oxygen atoms in total. The average molecular weight is 290 g/mol. The van der Waals surface area contributed by atoms with Crippen LogP contribution in [0.15, 0.2) is 18.2 Å². The number of rotatable bonds is 6. The first-order valence-corrected chi connectivity index (χ1v) is 7.50. The maximum absolute atomic E-state index is 11.2. The van der Waals surface area contributed by atoms with Crippen molar-refractivity contribution in [3.05, 3.63) is 28.8 Å². The van der Waals surface area contributed by atoms with Crippen molar-refractivity contribution in [2.24, 2.45) is 0 Å². The van der Waals surface area contributed by atoms with E-state index in [-0.39, 0.29) is 10.8 Å². The molecule has 0 amide bonds. The fourth-order valence-corrected chi connectivity index (χ4v) is 2.05. The summed E-state index contributed by atoms with van der Waals surface area (Å²) in [5.74, 6) is -0.999. The van der Waals surface area contributed by atoms with Crippen molar-refractivity contribution in [2.75, 3.05) is 18.1 Å². The number of hydrogen-bond donors (Lipinski definition) is 2. The summed E-state index contributed by atoms with van der Waals surface area (Å²) >= 11 is 5.83. The van der Waals surface area contributed by atoms with Gasteiger partial charge in [0, 0.05) is 33.9 Å². The third kappa shape index (κ3) is 4.31. The third-order valence-corrected chi connectivity index (χ3v) is 4.25. The van der Waals surface area contributed by atoms with Gasteiger partial charge in [0.1, 0.15) is 0 Å². The van der Waals surface area contributed by atoms with Crippen LogP contribution in [0.3, 0.4) is 0 Å². The second kappa shape index (κ2) is 6.75. The van der Waals surface area contributed by atoms with E-state index in [4.69, 9.17) is 16.7 Å². The van der Waals surface area contributed by atoms with E-state index < -0.39 is 16.8 Å². The number of aromatic carboxylic acids is 1. The smallest absolute Gasteiger partial charge is 0.337 e. The van der Waals surface area contributed by atoms with E-state index in [1.807, 2.05) is 6.92 Å². The molecule has 1 aromatic carbocycles. The van der Waals surface area contributed by atoms with Crippen LogP contribution in [0.25, 0.3) is 0 Å². The molecule has 0 aliphatic carbocycles. The van der Waals surface area contributed by atoms with Gasteiger partial charge in [-0.3, -0.25) is 4.21 Å². The molecule has 1 aromatic rings. The van der Waals surface area contributed by atoms with Crippen LogP contribution >= 0.6 is 11.6 Å². The van der Waals surface area contributed by atoms with Gasteiger partial charge in [-0.2, -0.15) is 0 Å². The van der Waals surface area contributed by atoms with Crippen molar-refractivity contribution in [2.45, 2.75) is 18.6 Å². The summed E-state index contributed by atoms with van der Waals surface area (Å²) in [7, 11) is -0.869. The lowest BCUT2D eigenvalue weighted by molar-refractivity contribution is 0.0698. The van der Waals surface area contributed by atoms with Crippen molar-refractivity contribution in [3.8, 4) is 0 Å². The Kier molecular flexibility index (Phi) is 5.62. The molecule has 18 heavy (non-hydrogen) atoms. The molecule has 0 aromatic heterocycles. The number of carboxylic acids is 1. The maximum atomic E-state index is 11.2. The lowest BCUT2D eigenvalue weighted by Crippen LogP contribution is -2.16. The molecule has 0 radical (unpaired) electrons. The molecule has 2 N–H and O–H groups in total. The molecule has 100 valence electrons. The number of carboxylic acid groups (broad SMARTS) is 1. The summed E-state index contributed by atoms with van der Waals surface area (Å²) in [6.45, 7) is 2.45. The van der Waals surface area contributed by atoms with Crippen LogP contribution in [0.2, 0.25) is 5.02 Å². The van der Waals surface area contributed by atoms with Gasteiger partial charge in [-0.25, -0.2) is 4.79 Å². The molecule has 0 saturated carbocycles. The highest BCUT2D eigenvalue weighted by molar-refractivity contribution is 7.84. The number of benzene rings is 1. The van der Waals surface area contributed by atoms with Crippen LogP contribution in [-0.2, 0) is 10.8 Å². The zero-order chi connectivity index (χ0) is 13.7. The van der Waals surface area contributed by atoms with Crippen LogP contribution < -0.4 is 5.32 Å². The molecule has 2 atom stereocenters. The largest absolute Gasteiger partial charge is 0.478 e. The van der Waals surface area contributed by atoms with Crippen molar-refractivity contribution in [3.63, 3.8) is 0 Å². The second-order valence-corrected chi connectivity index (χ2v) is 6.26. The summed E-state index contributed by atoms with van der Waals surface area (Å²) in [6.07, 6.45) is 2.36. The zero-order valence-electron chi connectivity index (χ0n) is 10.3. The van der Waals surface area contributed by atoms with Crippen LogP contribution in [0.5, 0.6) is 0 Å². The fourth-order valence-electron chi connectivity index (χ4n) is 1.43. The highest BCUT2D eigenvalue weighted by Gasteiger charge is 2.11. The second-order valence-electron chi connectivity index (χ2n) is 4.02. The highest BCUT2D eigenvalue weighted by atomic mass is 35.5. The predicted octanol–water partition coefficient (Wildman–Crippen LogP) is 2.61. The number of halogens is 1. The monoisotopic (exact) mass is 289 g/mol. The normalized spacial score (nSPS) is 13.9.